The molecule has 1 N–H and O–H groups in total. The third-order valence-corrected chi connectivity index (χ3v) is 3.50. The zero-order valence-electron chi connectivity index (χ0n) is 10.5. The molecule has 0 radical (unpaired) electrons. The summed E-state index contributed by atoms with van der Waals surface area (Å²) in [4.78, 5) is 0. The zero-order valence-corrected chi connectivity index (χ0v) is 10.5. The molecule has 2 unspecified atom stereocenters. The molecule has 1 heterocycles. The molecule has 1 aromatic rings. The second-order valence-electron chi connectivity index (χ2n) is 4.96. The van der Waals surface area contributed by atoms with Crippen LogP contribution in [0.5, 0.6) is 5.75 Å². The molecule has 0 aromatic heterocycles. The highest BCUT2D eigenvalue weighted by molar-refractivity contribution is 5.37. The highest BCUT2D eigenvalue weighted by Gasteiger charge is 2.33. The van der Waals surface area contributed by atoms with E-state index in [9.17, 15) is 4.39 Å². The van der Waals surface area contributed by atoms with E-state index >= 15 is 0 Å². The van der Waals surface area contributed by atoms with Gasteiger partial charge in [0.2, 0.25) is 0 Å². The quantitative estimate of drug-likeness (QED) is 0.869. The highest BCUT2D eigenvalue weighted by atomic mass is 19.1. The minimum atomic E-state index is -1.32. The first kappa shape index (κ1) is 12.4. The van der Waals surface area contributed by atoms with Gasteiger partial charge in [0, 0.05) is 5.56 Å². The van der Waals surface area contributed by atoms with E-state index in [1.54, 1.807) is 14.0 Å². The summed E-state index contributed by atoms with van der Waals surface area (Å²) in [6.07, 6.45) is 1.62. The molecule has 1 saturated heterocycles. The van der Waals surface area contributed by atoms with Crippen LogP contribution in [-0.4, -0.2) is 20.2 Å². The number of alkyl halides is 1. The van der Waals surface area contributed by atoms with E-state index < -0.39 is 5.67 Å². The second kappa shape index (κ2) is 5.05. The van der Waals surface area contributed by atoms with Crippen LogP contribution < -0.4 is 10.1 Å². The second-order valence-corrected chi connectivity index (χ2v) is 4.96. The molecule has 3 heteroatoms. The predicted octanol–water partition coefficient (Wildman–Crippen LogP) is 2.88. The Bertz CT molecular complexity index is 372. The van der Waals surface area contributed by atoms with Crippen LogP contribution >= 0.6 is 0 Å². The monoisotopic (exact) mass is 237 g/mol. The van der Waals surface area contributed by atoms with Gasteiger partial charge >= 0.3 is 0 Å². The molecule has 1 aromatic carbocycles. The van der Waals surface area contributed by atoms with Crippen molar-refractivity contribution < 1.29 is 9.13 Å². The topological polar surface area (TPSA) is 21.3 Å². The molecule has 94 valence electrons. The first-order valence-electron chi connectivity index (χ1n) is 6.16. The lowest BCUT2D eigenvalue weighted by molar-refractivity contribution is 0.145. The van der Waals surface area contributed by atoms with Crippen LogP contribution in [0, 0.1) is 5.92 Å². The number of rotatable bonds is 4. The van der Waals surface area contributed by atoms with Gasteiger partial charge in [0.05, 0.1) is 7.11 Å². The number of para-hydroxylation sites is 1. The first-order valence-corrected chi connectivity index (χ1v) is 6.16. The third-order valence-electron chi connectivity index (χ3n) is 3.50. The summed E-state index contributed by atoms with van der Waals surface area (Å²) in [6.45, 7) is 3.59. The lowest BCUT2D eigenvalue weighted by atomic mass is 9.86. The third kappa shape index (κ3) is 2.78. The molecule has 0 saturated carbocycles. The van der Waals surface area contributed by atoms with Crippen molar-refractivity contribution >= 4 is 0 Å². The maximum absolute atomic E-state index is 14.8. The van der Waals surface area contributed by atoms with Crippen LogP contribution in [0.4, 0.5) is 4.39 Å². The van der Waals surface area contributed by atoms with E-state index in [4.69, 9.17) is 4.74 Å². The predicted molar refractivity (Wildman–Crippen MR) is 67.0 cm³/mol. The zero-order chi connectivity index (χ0) is 12.3. The van der Waals surface area contributed by atoms with E-state index in [-0.39, 0.29) is 0 Å². The smallest absolute Gasteiger partial charge is 0.137 e. The van der Waals surface area contributed by atoms with Crippen LogP contribution in [0.15, 0.2) is 24.3 Å². The SMILES string of the molecule is COc1ccccc1C(C)(F)CC1CCNC1. The van der Waals surface area contributed by atoms with Gasteiger partial charge in [-0.15, -0.1) is 0 Å². The molecule has 17 heavy (non-hydrogen) atoms. The summed E-state index contributed by atoms with van der Waals surface area (Å²) in [7, 11) is 1.59. The standard InChI is InChI=1S/C14H20FNO/c1-14(15,9-11-7-8-16-10-11)12-5-3-4-6-13(12)17-2/h3-6,11,16H,7-10H2,1-2H3. The first-order chi connectivity index (χ1) is 8.13. The van der Waals surface area contributed by atoms with Gasteiger partial charge in [0.15, 0.2) is 0 Å². The Morgan fingerprint density at radius 1 is 1.47 bits per heavy atom. The van der Waals surface area contributed by atoms with Crippen molar-refractivity contribution in [2.45, 2.75) is 25.4 Å². The molecular formula is C14H20FNO. The van der Waals surface area contributed by atoms with E-state index in [0.29, 0.717) is 23.7 Å². The van der Waals surface area contributed by atoms with Crippen molar-refractivity contribution in [2.75, 3.05) is 20.2 Å². The normalized spacial score (nSPS) is 23.4. The summed E-state index contributed by atoms with van der Waals surface area (Å²) in [5.41, 5.74) is -0.655. The van der Waals surface area contributed by atoms with E-state index in [1.807, 2.05) is 24.3 Å². The molecule has 0 aliphatic carbocycles. The Balaban J connectivity index is 2.17. The fraction of sp³-hybridized carbons (Fsp3) is 0.571. The Morgan fingerprint density at radius 2 is 2.24 bits per heavy atom. The van der Waals surface area contributed by atoms with Crippen molar-refractivity contribution in [3.8, 4) is 5.75 Å². The lowest BCUT2D eigenvalue weighted by Gasteiger charge is -2.25. The van der Waals surface area contributed by atoms with Gasteiger partial charge < -0.3 is 10.1 Å². The molecule has 1 aliphatic heterocycles. The van der Waals surface area contributed by atoms with Crippen LogP contribution in [0.1, 0.15) is 25.3 Å². The Labute approximate surface area is 102 Å². The molecule has 0 amide bonds. The van der Waals surface area contributed by atoms with Gasteiger partial charge in [-0.1, -0.05) is 18.2 Å². The average molecular weight is 237 g/mol. The fourth-order valence-electron chi connectivity index (χ4n) is 2.62. The number of hydrogen-bond acceptors (Lipinski definition) is 2. The van der Waals surface area contributed by atoms with E-state index in [2.05, 4.69) is 5.32 Å². The van der Waals surface area contributed by atoms with Crippen LogP contribution in [0.25, 0.3) is 0 Å². The van der Waals surface area contributed by atoms with Gasteiger partial charge in [-0.05, 0) is 44.8 Å². The van der Waals surface area contributed by atoms with Gasteiger partial charge in [-0.3, -0.25) is 0 Å². The largest absolute Gasteiger partial charge is 0.496 e. The van der Waals surface area contributed by atoms with Gasteiger partial charge in [0.25, 0.3) is 0 Å². The summed E-state index contributed by atoms with van der Waals surface area (Å²) >= 11 is 0. The maximum atomic E-state index is 14.8. The number of ether oxygens (including phenoxy) is 1. The summed E-state index contributed by atoms with van der Waals surface area (Å²) < 4.78 is 20.1. The minimum Gasteiger partial charge on any atom is -0.496 e. The maximum Gasteiger partial charge on any atom is 0.137 e. The van der Waals surface area contributed by atoms with E-state index in [1.165, 1.54) is 0 Å². The van der Waals surface area contributed by atoms with Crippen LogP contribution in [0.3, 0.4) is 0 Å². The fourth-order valence-corrected chi connectivity index (χ4v) is 2.62. The molecule has 1 aliphatic rings. The Kier molecular flexibility index (Phi) is 3.67. The van der Waals surface area contributed by atoms with Crippen molar-refractivity contribution in [1.29, 1.82) is 0 Å². The molecule has 2 atom stereocenters. The summed E-state index contributed by atoms with van der Waals surface area (Å²) in [6, 6.07) is 7.37. The number of methoxy groups -OCH3 is 1. The van der Waals surface area contributed by atoms with Crippen molar-refractivity contribution in [2.24, 2.45) is 5.92 Å². The molecule has 2 nitrogen and oxygen atoms in total. The van der Waals surface area contributed by atoms with Gasteiger partial charge in [-0.2, -0.15) is 0 Å². The van der Waals surface area contributed by atoms with Crippen molar-refractivity contribution in [1.82, 2.24) is 5.32 Å². The van der Waals surface area contributed by atoms with Crippen molar-refractivity contribution in [3.05, 3.63) is 29.8 Å². The minimum absolute atomic E-state index is 0.426. The van der Waals surface area contributed by atoms with Crippen molar-refractivity contribution in [3.63, 3.8) is 0 Å². The number of hydrogen-bond donors (Lipinski definition) is 1. The molecule has 2 rings (SSSR count). The lowest BCUT2D eigenvalue weighted by Crippen LogP contribution is -2.22. The van der Waals surface area contributed by atoms with E-state index in [0.717, 1.165) is 19.5 Å². The molecule has 1 fully saturated rings. The summed E-state index contributed by atoms with van der Waals surface area (Å²) in [5.74, 6) is 1.07. The molecule has 0 spiro atoms. The number of nitrogens with one attached hydrogen (secondary N) is 1. The Morgan fingerprint density at radius 3 is 2.88 bits per heavy atom. The molecular weight excluding hydrogens is 217 g/mol. The summed E-state index contributed by atoms with van der Waals surface area (Å²) in [5, 5.41) is 3.28. The van der Waals surface area contributed by atoms with Gasteiger partial charge in [0.1, 0.15) is 11.4 Å². The van der Waals surface area contributed by atoms with Gasteiger partial charge in [-0.25, -0.2) is 4.39 Å². The highest BCUT2D eigenvalue weighted by Crippen LogP contribution is 2.38. The average Bonchev–Trinajstić information content (AvgIpc) is 2.81. The molecule has 0 bridgehead atoms. The number of benzene rings is 1. The number of halogens is 1. The van der Waals surface area contributed by atoms with Crippen LogP contribution in [-0.2, 0) is 5.67 Å². The Hall–Kier alpha value is -1.09. The van der Waals surface area contributed by atoms with Crippen LogP contribution in [0.2, 0.25) is 0 Å².